The summed E-state index contributed by atoms with van der Waals surface area (Å²) in [5, 5.41) is 0. The summed E-state index contributed by atoms with van der Waals surface area (Å²) in [5.41, 5.74) is 2.11. The van der Waals surface area contributed by atoms with E-state index >= 15 is 0 Å². The quantitative estimate of drug-likeness (QED) is 0.640. The molecule has 1 aliphatic heterocycles. The zero-order valence-electron chi connectivity index (χ0n) is 16.5. The third kappa shape index (κ3) is 3.52. The van der Waals surface area contributed by atoms with Crippen molar-refractivity contribution in [3.05, 3.63) is 65.7 Å². The number of rotatable bonds is 5. The van der Waals surface area contributed by atoms with Crippen LogP contribution in [0.5, 0.6) is 0 Å². The SMILES string of the molecule is CO[C@@H]1CCN(c2cc([C@@H]3C[C@H]3c3cnc(-c4ncccn4)nc3)cc(F)c2F)C1. The minimum atomic E-state index is -0.804. The van der Waals surface area contributed by atoms with Gasteiger partial charge in [-0.2, -0.15) is 0 Å². The van der Waals surface area contributed by atoms with Gasteiger partial charge in [-0.05, 0) is 54.0 Å². The van der Waals surface area contributed by atoms with Crippen molar-refractivity contribution in [1.29, 1.82) is 0 Å². The Hall–Kier alpha value is -3.00. The Morgan fingerprint density at radius 3 is 2.37 bits per heavy atom. The number of ether oxygens (including phenoxy) is 1. The Morgan fingerprint density at radius 2 is 1.67 bits per heavy atom. The van der Waals surface area contributed by atoms with Gasteiger partial charge in [-0.25, -0.2) is 28.7 Å². The first kappa shape index (κ1) is 19.0. The number of anilines is 1. The van der Waals surface area contributed by atoms with Crippen LogP contribution in [0.15, 0.2) is 43.0 Å². The van der Waals surface area contributed by atoms with Crippen molar-refractivity contribution in [2.45, 2.75) is 30.8 Å². The van der Waals surface area contributed by atoms with Crippen molar-refractivity contribution in [2.75, 3.05) is 25.1 Å². The summed E-state index contributed by atoms with van der Waals surface area (Å²) in [7, 11) is 1.65. The monoisotopic (exact) mass is 409 g/mol. The molecule has 3 heterocycles. The summed E-state index contributed by atoms with van der Waals surface area (Å²) in [6, 6.07) is 4.84. The minimum Gasteiger partial charge on any atom is -0.380 e. The molecule has 154 valence electrons. The highest BCUT2D eigenvalue weighted by Crippen LogP contribution is 2.55. The topological polar surface area (TPSA) is 64.0 Å². The van der Waals surface area contributed by atoms with E-state index < -0.39 is 11.6 Å². The maximum Gasteiger partial charge on any atom is 0.197 e. The average molecular weight is 409 g/mol. The van der Waals surface area contributed by atoms with Crippen LogP contribution >= 0.6 is 0 Å². The van der Waals surface area contributed by atoms with Gasteiger partial charge in [-0.1, -0.05) is 0 Å². The van der Waals surface area contributed by atoms with Gasteiger partial charge in [0, 0.05) is 45.0 Å². The van der Waals surface area contributed by atoms with Gasteiger partial charge in [0.15, 0.2) is 23.3 Å². The van der Waals surface area contributed by atoms with E-state index in [1.807, 2.05) is 4.90 Å². The van der Waals surface area contributed by atoms with Gasteiger partial charge < -0.3 is 9.64 Å². The van der Waals surface area contributed by atoms with Crippen LogP contribution in [0.2, 0.25) is 0 Å². The normalized spacial score (nSPS) is 23.0. The summed E-state index contributed by atoms with van der Waals surface area (Å²) in [6.45, 7) is 1.23. The third-order valence-electron chi connectivity index (χ3n) is 5.93. The summed E-state index contributed by atoms with van der Waals surface area (Å²) in [5.74, 6) is -0.332. The predicted octanol–water partition coefficient (Wildman–Crippen LogP) is 3.71. The van der Waals surface area contributed by atoms with Crippen LogP contribution in [0.3, 0.4) is 0 Å². The van der Waals surface area contributed by atoms with Gasteiger partial charge in [-0.15, -0.1) is 0 Å². The van der Waals surface area contributed by atoms with E-state index in [1.165, 1.54) is 6.07 Å². The van der Waals surface area contributed by atoms with E-state index in [4.69, 9.17) is 4.74 Å². The minimum absolute atomic E-state index is 0.0500. The molecule has 30 heavy (non-hydrogen) atoms. The Kier molecular flexibility index (Phi) is 4.86. The van der Waals surface area contributed by atoms with Gasteiger partial charge in [0.1, 0.15) is 0 Å². The molecule has 0 radical (unpaired) electrons. The van der Waals surface area contributed by atoms with E-state index in [9.17, 15) is 8.78 Å². The van der Waals surface area contributed by atoms with Gasteiger partial charge in [-0.3, -0.25) is 0 Å². The number of hydrogen-bond donors (Lipinski definition) is 0. The van der Waals surface area contributed by atoms with Gasteiger partial charge in [0.05, 0.1) is 11.8 Å². The summed E-state index contributed by atoms with van der Waals surface area (Å²) in [6.07, 6.45) is 8.55. The molecule has 5 rings (SSSR count). The standard InChI is InChI=1S/C22H21F2N5O/c1-30-15-3-6-29(12-15)19-8-13(7-18(23)20(19)24)16-9-17(16)14-10-27-22(28-11-14)21-25-4-2-5-26-21/h2,4-5,7-8,10-11,15-17H,3,6,9,12H2,1H3/t15-,16+,17+/m1/s1. The lowest BCUT2D eigenvalue weighted by atomic mass is 10.0. The fraction of sp³-hybridized carbons (Fsp3) is 0.364. The van der Waals surface area contributed by atoms with Crippen molar-refractivity contribution >= 4 is 5.69 Å². The first-order valence-electron chi connectivity index (χ1n) is 10.00. The Bertz CT molecular complexity index is 1050. The second-order valence-electron chi connectivity index (χ2n) is 7.79. The van der Waals surface area contributed by atoms with E-state index in [0.29, 0.717) is 30.4 Å². The second-order valence-corrected chi connectivity index (χ2v) is 7.79. The molecule has 6 nitrogen and oxygen atoms in total. The zero-order chi connectivity index (χ0) is 20.7. The maximum absolute atomic E-state index is 14.5. The lowest BCUT2D eigenvalue weighted by Gasteiger charge is -2.20. The smallest absolute Gasteiger partial charge is 0.197 e. The first-order valence-corrected chi connectivity index (χ1v) is 10.00. The lowest BCUT2D eigenvalue weighted by Crippen LogP contribution is -2.23. The van der Waals surface area contributed by atoms with E-state index in [-0.39, 0.29) is 17.9 Å². The molecule has 1 aromatic carbocycles. The van der Waals surface area contributed by atoms with E-state index in [0.717, 1.165) is 24.0 Å². The largest absolute Gasteiger partial charge is 0.380 e. The number of nitrogens with zero attached hydrogens (tertiary/aromatic N) is 5. The Balaban J connectivity index is 1.35. The van der Waals surface area contributed by atoms with Crippen molar-refractivity contribution in [3.63, 3.8) is 0 Å². The molecule has 0 N–H and O–H groups in total. The van der Waals surface area contributed by atoms with Crippen LogP contribution in [-0.2, 0) is 4.74 Å². The Labute approximate surface area is 173 Å². The molecule has 3 atom stereocenters. The van der Waals surface area contributed by atoms with Crippen molar-refractivity contribution in [3.8, 4) is 11.6 Å². The summed E-state index contributed by atoms with van der Waals surface area (Å²) in [4.78, 5) is 18.9. The number of aromatic nitrogens is 4. The number of benzene rings is 1. The van der Waals surface area contributed by atoms with Crippen LogP contribution in [0.25, 0.3) is 11.6 Å². The van der Waals surface area contributed by atoms with E-state index in [1.54, 1.807) is 44.0 Å². The van der Waals surface area contributed by atoms with E-state index in [2.05, 4.69) is 19.9 Å². The number of halogens is 2. The molecule has 1 saturated heterocycles. The fourth-order valence-corrected chi connectivity index (χ4v) is 4.17. The number of methoxy groups -OCH3 is 1. The van der Waals surface area contributed by atoms with Crippen LogP contribution in [0, 0.1) is 11.6 Å². The number of hydrogen-bond acceptors (Lipinski definition) is 6. The van der Waals surface area contributed by atoms with Crippen LogP contribution in [0.4, 0.5) is 14.5 Å². The molecular formula is C22H21F2N5O. The molecule has 1 saturated carbocycles. The van der Waals surface area contributed by atoms with Gasteiger partial charge in [0.25, 0.3) is 0 Å². The highest BCUT2D eigenvalue weighted by molar-refractivity contribution is 5.54. The summed E-state index contributed by atoms with van der Waals surface area (Å²) >= 11 is 0. The molecule has 2 aromatic heterocycles. The first-order chi connectivity index (χ1) is 14.6. The second kappa shape index (κ2) is 7.68. The van der Waals surface area contributed by atoms with Crippen molar-refractivity contribution in [1.82, 2.24) is 19.9 Å². The molecule has 0 unspecified atom stereocenters. The lowest BCUT2D eigenvalue weighted by molar-refractivity contribution is 0.121. The molecule has 2 aliphatic rings. The molecule has 0 spiro atoms. The van der Waals surface area contributed by atoms with Crippen molar-refractivity contribution < 1.29 is 13.5 Å². The van der Waals surface area contributed by atoms with Crippen LogP contribution in [-0.4, -0.2) is 46.2 Å². The highest BCUT2D eigenvalue weighted by atomic mass is 19.2. The van der Waals surface area contributed by atoms with Gasteiger partial charge in [0.2, 0.25) is 0 Å². The van der Waals surface area contributed by atoms with Gasteiger partial charge >= 0.3 is 0 Å². The molecule has 1 aliphatic carbocycles. The zero-order valence-corrected chi connectivity index (χ0v) is 16.5. The highest BCUT2D eigenvalue weighted by Gasteiger charge is 2.41. The molecule has 2 fully saturated rings. The molecule has 8 heteroatoms. The average Bonchev–Trinajstić information content (AvgIpc) is 3.45. The maximum atomic E-state index is 14.5. The Morgan fingerprint density at radius 1 is 0.967 bits per heavy atom. The molecular weight excluding hydrogens is 388 g/mol. The van der Waals surface area contributed by atoms with Crippen LogP contribution < -0.4 is 4.90 Å². The van der Waals surface area contributed by atoms with Crippen LogP contribution in [0.1, 0.15) is 35.8 Å². The van der Waals surface area contributed by atoms with Crippen molar-refractivity contribution in [2.24, 2.45) is 0 Å². The predicted molar refractivity (Wildman–Crippen MR) is 107 cm³/mol. The fourth-order valence-electron chi connectivity index (χ4n) is 4.17. The molecule has 3 aromatic rings. The molecule has 0 amide bonds. The molecule has 0 bridgehead atoms. The third-order valence-corrected chi connectivity index (χ3v) is 5.93. The summed E-state index contributed by atoms with van der Waals surface area (Å²) < 4.78 is 34.2.